The Kier molecular flexibility index (Phi) is 5.83. The van der Waals surface area contributed by atoms with E-state index in [2.05, 4.69) is 15.4 Å². The molecule has 9 heteroatoms. The molecule has 0 fully saturated rings. The molecule has 140 valence electrons. The predicted octanol–water partition coefficient (Wildman–Crippen LogP) is 1.66. The topological polar surface area (TPSA) is 102 Å². The lowest BCUT2D eigenvalue weighted by molar-refractivity contribution is -0.116. The van der Waals surface area contributed by atoms with Gasteiger partial charge in [0.05, 0.1) is 19.4 Å². The Balaban J connectivity index is 1.49. The fourth-order valence-electron chi connectivity index (χ4n) is 2.34. The fraction of sp³-hybridized carbons (Fsp3) is 0.222. The molecule has 1 aromatic carbocycles. The number of rotatable bonds is 8. The number of nitrogens with one attached hydrogen (secondary N) is 1. The van der Waals surface area contributed by atoms with Gasteiger partial charge in [-0.25, -0.2) is 9.67 Å². The molecule has 9 nitrogen and oxygen atoms in total. The van der Waals surface area contributed by atoms with Gasteiger partial charge in [0.25, 0.3) is 5.91 Å². The maximum absolute atomic E-state index is 12.2. The minimum Gasteiger partial charge on any atom is -0.492 e. The summed E-state index contributed by atoms with van der Waals surface area (Å²) in [6, 6.07) is 10.2. The lowest BCUT2D eigenvalue weighted by Crippen LogP contribution is -2.34. The molecule has 2 aromatic heterocycles. The number of aromatic nitrogens is 3. The second kappa shape index (κ2) is 8.65. The van der Waals surface area contributed by atoms with Crippen LogP contribution in [-0.4, -0.2) is 51.7 Å². The summed E-state index contributed by atoms with van der Waals surface area (Å²) in [5.74, 6) is 0.124. The summed E-state index contributed by atoms with van der Waals surface area (Å²) < 4.78 is 12.4. The highest BCUT2D eigenvalue weighted by Crippen LogP contribution is 2.17. The number of anilines is 1. The van der Waals surface area contributed by atoms with E-state index in [1.807, 2.05) is 0 Å². The van der Waals surface area contributed by atoms with E-state index in [1.165, 1.54) is 24.5 Å². The average molecular weight is 369 g/mol. The van der Waals surface area contributed by atoms with Gasteiger partial charge < -0.3 is 19.4 Å². The van der Waals surface area contributed by atoms with Gasteiger partial charge in [0.2, 0.25) is 5.91 Å². The zero-order valence-corrected chi connectivity index (χ0v) is 14.7. The van der Waals surface area contributed by atoms with Crippen molar-refractivity contribution in [3.63, 3.8) is 0 Å². The molecule has 0 saturated carbocycles. The predicted molar refractivity (Wildman–Crippen MR) is 96.3 cm³/mol. The highest BCUT2D eigenvalue weighted by molar-refractivity contribution is 5.97. The van der Waals surface area contributed by atoms with Crippen molar-refractivity contribution in [1.82, 2.24) is 19.7 Å². The quantitative estimate of drug-likeness (QED) is 0.648. The van der Waals surface area contributed by atoms with Crippen molar-refractivity contribution >= 4 is 17.5 Å². The summed E-state index contributed by atoms with van der Waals surface area (Å²) in [5, 5.41) is 6.74. The van der Waals surface area contributed by atoms with Gasteiger partial charge in [-0.1, -0.05) is 6.07 Å². The number of ether oxygens (including phenoxy) is 1. The standard InChI is InChI=1S/C18H19N5O4/c1-22(18(25)16-6-3-8-27-16)11-17(24)21-14-4-2-5-15(10-14)26-9-7-23-13-19-12-20-23/h2-6,8,10,12-13H,7,9,11H2,1H3,(H,21,24). The normalized spacial score (nSPS) is 10.4. The van der Waals surface area contributed by atoms with Crippen molar-refractivity contribution in [2.24, 2.45) is 0 Å². The summed E-state index contributed by atoms with van der Waals surface area (Å²) in [5.41, 5.74) is 0.581. The van der Waals surface area contributed by atoms with Crippen LogP contribution in [0.25, 0.3) is 0 Å². The Labute approximate surface area is 155 Å². The number of likely N-dealkylation sites (N-methyl/N-ethyl adjacent to an activating group) is 1. The van der Waals surface area contributed by atoms with Crippen LogP contribution < -0.4 is 10.1 Å². The van der Waals surface area contributed by atoms with Crippen molar-refractivity contribution in [2.45, 2.75) is 6.54 Å². The van der Waals surface area contributed by atoms with Gasteiger partial charge in [-0.05, 0) is 24.3 Å². The monoisotopic (exact) mass is 369 g/mol. The molecule has 0 unspecified atom stereocenters. The van der Waals surface area contributed by atoms with Gasteiger partial charge in [-0.2, -0.15) is 5.10 Å². The number of nitrogens with zero attached hydrogens (tertiary/aromatic N) is 4. The van der Waals surface area contributed by atoms with E-state index in [1.54, 1.807) is 47.4 Å². The molecule has 0 aliphatic rings. The molecule has 0 bridgehead atoms. The molecule has 0 atom stereocenters. The lowest BCUT2D eigenvalue weighted by Gasteiger charge is -2.15. The first-order valence-corrected chi connectivity index (χ1v) is 8.26. The first-order valence-electron chi connectivity index (χ1n) is 8.26. The Morgan fingerprint density at radius 3 is 2.93 bits per heavy atom. The molecule has 0 aliphatic heterocycles. The maximum Gasteiger partial charge on any atom is 0.289 e. The zero-order valence-electron chi connectivity index (χ0n) is 14.7. The van der Waals surface area contributed by atoms with E-state index >= 15 is 0 Å². The summed E-state index contributed by atoms with van der Waals surface area (Å²) in [4.78, 5) is 29.4. The van der Waals surface area contributed by atoms with Crippen LogP contribution in [-0.2, 0) is 11.3 Å². The van der Waals surface area contributed by atoms with Crippen molar-refractivity contribution < 1.29 is 18.7 Å². The highest BCUT2D eigenvalue weighted by Gasteiger charge is 2.17. The molecular formula is C18H19N5O4. The third kappa shape index (κ3) is 5.18. The van der Waals surface area contributed by atoms with Gasteiger partial charge >= 0.3 is 0 Å². The van der Waals surface area contributed by atoms with Gasteiger partial charge in [0, 0.05) is 18.8 Å². The van der Waals surface area contributed by atoms with E-state index in [9.17, 15) is 9.59 Å². The molecule has 0 aliphatic carbocycles. The second-order valence-electron chi connectivity index (χ2n) is 5.72. The Bertz CT molecular complexity index is 877. The summed E-state index contributed by atoms with van der Waals surface area (Å²) in [6.45, 7) is 0.883. The summed E-state index contributed by atoms with van der Waals surface area (Å²) in [6.07, 6.45) is 4.49. The third-order valence-corrected chi connectivity index (χ3v) is 3.63. The fourth-order valence-corrected chi connectivity index (χ4v) is 2.34. The molecule has 3 rings (SSSR count). The minimum atomic E-state index is -0.361. The number of hydrogen-bond donors (Lipinski definition) is 1. The van der Waals surface area contributed by atoms with E-state index < -0.39 is 0 Å². The van der Waals surface area contributed by atoms with Crippen molar-refractivity contribution in [2.75, 3.05) is 25.5 Å². The van der Waals surface area contributed by atoms with Crippen LogP contribution >= 0.6 is 0 Å². The smallest absolute Gasteiger partial charge is 0.289 e. The van der Waals surface area contributed by atoms with E-state index in [4.69, 9.17) is 9.15 Å². The first kappa shape index (κ1) is 18.2. The summed E-state index contributed by atoms with van der Waals surface area (Å²) >= 11 is 0. The van der Waals surface area contributed by atoms with Crippen molar-refractivity contribution in [3.05, 3.63) is 61.1 Å². The van der Waals surface area contributed by atoms with Crippen LogP contribution in [0, 0.1) is 0 Å². The third-order valence-electron chi connectivity index (χ3n) is 3.63. The lowest BCUT2D eigenvalue weighted by atomic mass is 10.3. The van der Waals surface area contributed by atoms with Gasteiger partial charge in [-0.15, -0.1) is 0 Å². The van der Waals surface area contributed by atoms with Crippen LogP contribution in [0.3, 0.4) is 0 Å². The molecule has 27 heavy (non-hydrogen) atoms. The molecule has 1 N–H and O–H groups in total. The van der Waals surface area contributed by atoms with Crippen LogP contribution in [0.4, 0.5) is 5.69 Å². The largest absolute Gasteiger partial charge is 0.492 e. The Morgan fingerprint density at radius 1 is 1.30 bits per heavy atom. The minimum absolute atomic E-state index is 0.100. The number of furan rings is 1. The van der Waals surface area contributed by atoms with E-state index in [-0.39, 0.29) is 24.1 Å². The SMILES string of the molecule is CN(CC(=O)Nc1cccc(OCCn2cncn2)c1)C(=O)c1ccco1. The number of carbonyl (C=O) groups is 2. The number of carbonyl (C=O) groups excluding carboxylic acids is 2. The first-order chi connectivity index (χ1) is 13.1. The zero-order chi connectivity index (χ0) is 19.1. The maximum atomic E-state index is 12.2. The molecule has 0 saturated heterocycles. The highest BCUT2D eigenvalue weighted by atomic mass is 16.5. The average Bonchev–Trinajstić information content (AvgIpc) is 3.35. The van der Waals surface area contributed by atoms with Crippen LogP contribution in [0.15, 0.2) is 59.7 Å². The molecule has 3 aromatic rings. The van der Waals surface area contributed by atoms with Crippen molar-refractivity contribution in [1.29, 1.82) is 0 Å². The second-order valence-corrected chi connectivity index (χ2v) is 5.72. The van der Waals surface area contributed by atoms with Gasteiger partial charge in [-0.3, -0.25) is 9.59 Å². The van der Waals surface area contributed by atoms with E-state index in [0.29, 0.717) is 24.6 Å². The molecular weight excluding hydrogens is 350 g/mol. The Morgan fingerprint density at radius 2 is 2.19 bits per heavy atom. The van der Waals surface area contributed by atoms with Crippen LogP contribution in [0.5, 0.6) is 5.75 Å². The molecule has 0 radical (unpaired) electrons. The Hall–Kier alpha value is -3.62. The van der Waals surface area contributed by atoms with Crippen LogP contribution in [0.1, 0.15) is 10.6 Å². The summed E-state index contributed by atoms with van der Waals surface area (Å²) in [7, 11) is 1.54. The van der Waals surface area contributed by atoms with E-state index in [0.717, 1.165) is 0 Å². The molecule has 2 amide bonds. The van der Waals surface area contributed by atoms with Gasteiger partial charge in [0.1, 0.15) is 25.0 Å². The molecule has 2 heterocycles. The van der Waals surface area contributed by atoms with Crippen LogP contribution in [0.2, 0.25) is 0 Å². The number of amides is 2. The number of hydrogen-bond acceptors (Lipinski definition) is 6. The van der Waals surface area contributed by atoms with Crippen molar-refractivity contribution in [3.8, 4) is 5.75 Å². The van der Waals surface area contributed by atoms with Gasteiger partial charge in [0.15, 0.2) is 5.76 Å². The molecule has 0 spiro atoms. The number of benzene rings is 1.